The summed E-state index contributed by atoms with van der Waals surface area (Å²) in [5.74, 6) is 2.86. The number of rotatable bonds is 6. The molecule has 32 heavy (non-hydrogen) atoms. The molecule has 4 rings (SSSR count). The average molecular weight is 435 g/mol. The number of hydrogen-bond acceptors (Lipinski definition) is 0. The van der Waals surface area contributed by atoms with Crippen LogP contribution in [0.1, 0.15) is 74.5 Å². The van der Waals surface area contributed by atoms with Crippen molar-refractivity contribution in [3.05, 3.63) is 82.7 Å². The van der Waals surface area contributed by atoms with E-state index >= 15 is 0 Å². The van der Waals surface area contributed by atoms with Crippen molar-refractivity contribution >= 4 is 10.8 Å². The zero-order chi connectivity index (χ0) is 22.5. The Hall–Kier alpha value is -2.73. The second kappa shape index (κ2) is 10.3. The minimum Gasteiger partial charge on any atom is -0.204 e. The van der Waals surface area contributed by atoms with E-state index in [1.165, 1.54) is 54.0 Å². The van der Waals surface area contributed by atoms with Crippen LogP contribution in [0.3, 0.4) is 0 Å². The summed E-state index contributed by atoms with van der Waals surface area (Å²) in [5, 5.41) is 2.48. The molecule has 0 heterocycles. The molecule has 0 nitrogen and oxygen atoms in total. The molecule has 0 fully saturated rings. The lowest BCUT2D eigenvalue weighted by Gasteiger charge is -2.31. The molecule has 0 unspecified atom stereocenters. The highest BCUT2D eigenvalue weighted by molar-refractivity contribution is 5.87. The second-order valence-electron chi connectivity index (χ2n) is 8.86. The summed E-state index contributed by atoms with van der Waals surface area (Å²) in [6, 6.07) is 14.7. The monoisotopic (exact) mass is 434 g/mol. The summed E-state index contributed by atoms with van der Waals surface area (Å²) in [6.07, 6.45) is 9.33. The third-order valence-corrected chi connectivity index (χ3v) is 6.68. The lowest BCUT2D eigenvalue weighted by atomic mass is 9.72. The molecular formula is C29H29F3. The van der Waals surface area contributed by atoms with Gasteiger partial charge in [-0.05, 0) is 59.2 Å². The van der Waals surface area contributed by atoms with Crippen molar-refractivity contribution in [1.29, 1.82) is 0 Å². The molecule has 0 saturated heterocycles. The van der Waals surface area contributed by atoms with Gasteiger partial charge in [-0.3, -0.25) is 0 Å². The molecule has 0 aromatic heterocycles. The molecule has 3 aromatic rings. The Morgan fingerprint density at radius 1 is 0.906 bits per heavy atom. The summed E-state index contributed by atoms with van der Waals surface area (Å²) in [7, 11) is 0. The Kier molecular flexibility index (Phi) is 7.20. The van der Waals surface area contributed by atoms with Crippen LogP contribution in [0.25, 0.3) is 10.8 Å². The van der Waals surface area contributed by atoms with Crippen molar-refractivity contribution in [1.82, 2.24) is 0 Å². The zero-order valence-corrected chi connectivity index (χ0v) is 18.6. The predicted octanol–water partition coefficient (Wildman–Crippen LogP) is 8.32. The highest BCUT2D eigenvalue weighted by atomic mass is 19.2. The first-order valence-corrected chi connectivity index (χ1v) is 11.7. The minimum absolute atomic E-state index is 0.00528. The van der Waals surface area contributed by atoms with E-state index in [2.05, 4.69) is 49.1 Å². The summed E-state index contributed by atoms with van der Waals surface area (Å²) in [4.78, 5) is 0. The molecule has 0 spiro atoms. The van der Waals surface area contributed by atoms with Gasteiger partial charge in [0.2, 0.25) is 0 Å². The van der Waals surface area contributed by atoms with Crippen molar-refractivity contribution < 1.29 is 13.2 Å². The van der Waals surface area contributed by atoms with E-state index in [1.807, 2.05) is 6.07 Å². The summed E-state index contributed by atoms with van der Waals surface area (Å²) in [6.45, 7) is 2.22. The fourth-order valence-electron chi connectivity index (χ4n) is 4.98. The summed E-state index contributed by atoms with van der Waals surface area (Å²) >= 11 is 0. The van der Waals surface area contributed by atoms with E-state index in [1.54, 1.807) is 0 Å². The molecule has 0 saturated carbocycles. The van der Waals surface area contributed by atoms with Gasteiger partial charge in [-0.1, -0.05) is 87.3 Å². The van der Waals surface area contributed by atoms with Gasteiger partial charge in [0.15, 0.2) is 17.5 Å². The molecule has 0 aliphatic heterocycles. The zero-order valence-electron chi connectivity index (χ0n) is 18.6. The highest BCUT2D eigenvalue weighted by Crippen LogP contribution is 2.41. The first-order valence-electron chi connectivity index (χ1n) is 11.7. The maximum atomic E-state index is 13.7. The van der Waals surface area contributed by atoms with Crippen LogP contribution in [0.5, 0.6) is 0 Å². The lowest BCUT2D eigenvalue weighted by Crippen LogP contribution is -2.20. The Balaban J connectivity index is 1.67. The Bertz CT molecular complexity index is 1130. The molecule has 0 N–H and O–H groups in total. The van der Waals surface area contributed by atoms with Gasteiger partial charge >= 0.3 is 0 Å². The topological polar surface area (TPSA) is 0 Å². The molecule has 0 radical (unpaired) electrons. The van der Waals surface area contributed by atoms with E-state index in [0.717, 1.165) is 31.4 Å². The fourth-order valence-corrected chi connectivity index (χ4v) is 4.98. The van der Waals surface area contributed by atoms with Crippen LogP contribution in [0.15, 0.2) is 48.5 Å². The summed E-state index contributed by atoms with van der Waals surface area (Å²) in [5.41, 5.74) is 2.74. The minimum atomic E-state index is -1.45. The quantitative estimate of drug-likeness (QED) is 0.208. The van der Waals surface area contributed by atoms with Crippen molar-refractivity contribution in [3.8, 4) is 11.8 Å². The van der Waals surface area contributed by atoms with Gasteiger partial charge < -0.3 is 0 Å². The Morgan fingerprint density at radius 3 is 2.44 bits per heavy atom. The summed E-state index contributed by atoms with van der Waals surface area (Å²) < 4.78 is 40.7. The molecule has 0 amide bonds. The average Bonchev–Trinajstić information content (AvgIpc) is 2.81. The van der Waals surface area contributed by atoms with Crippen LogP contribution in [0, 0.1) is 35.2 Å². The van der Waals surface area contributed by atoms with Crippen molar-refractivity contribution in [2.75, 3.05) is 0 Å². The first-order chi connectivity index (χ1) is 15.6. The van der Waals surface area contributed by atoms with Gasteiger partial charge in [0.25, 0.3) is 0 Å². The van der Waals surface area contributed by atoms with Crippen molar-refractivity contribution in [2.24, 2.45) is 5.92 Å². The number of halogens is 3. The smallest absolute Gasteiger partial charge is 0.194 e. The Labute approximate surface area is 188 Å². The van der Waals surface area contributed by atoms with E-state index in [9.17, 15) is 13.2 Å². The number of benzene rings is 3. The fraction of sp³-hybridized carbons (Fsp3) is 0.379. The normalized spacial score (nSPS) is 17.6. The lowest BCUT2D eigenvalue weighted by molar-refractivity contribution is 0.380. The SMILES string of the molecule is CCCCCCC[C@@H]1CCc2c(ccc3ccccc23)[C@H]1C#Cc1cc(F)c(F)c(F)c1. The maximum absolute atomic E-state index is 13.7. The number of aryl methyl sites for hydroxylation is 1. The van der Waals surface area contributed by atoms with Gasteiger partial charge in [0.1, 0.15) is 0 Å². The predicted molar refractivity (Wildman–Crippen MR) is 125 cm³/mol. The third kappa shape index (κ3) is 4.85. The molecular weight excluding hydrogens is 405 g/mol. The van der Waals surface area contributed by atoms with Crippen LogP contribution in [0.4, 0.5) is 13.2 Å². The van der Waals surface area contributed by atoms with Crippen LogP contribution in [-0.2, 0) is 6.42 Å². The molecule has 1 aliphatic rings. The molecule has 3 heteroatoms. The molecule has 0 bridgehead atoms. The Morgan fingerprint density at radius 2 is 1.66 bits per heavy atom. The van der Waals surface area contributed by atoms with Crippen LogP contribution >= 0.6 is 0 Å². The first kappa shape index (κ1) is 22.5. The van der Waals surface area contributed by atoms with E-state index in [4.69, 9.17) is 0 Å². The highest BCUT2D eigenvalue weighted by Gasteiger charge is 2.29. The van der Waals surface area contributed by atoms with Gasteiger partial charge in [-0.2, -0.15) is 0 Å². The second-order valence-corrected chi connectivity index (χ2v) is 8.86. The van der Waals surface area contributed by atoms with E-state index in [0.29, 0.717) is 5.92 Å². The van der Waals surface area contributed by atoms with Crippen LogP contribution < -0.4 is 0 Å². The molecule has 2 atom stereocenters. The van der Waals surface area contributed by atoms with Gasteiger partial charge in [0, 0.05) is 11.5 Å². The van der Waals surface area contributed by atoms with Crippen LogP contribution in [-0.4, -0.2) is 0 Å². The molecule has 3 aromatic carbocycles. The molecule has 1 aliphatic carbocycles. The number of unbranched alkanes of at least 4 members (excludes halogenated alkanes) is 4. The third-order valence-electron chi connectivity index (χ3n) is 6.68. The van der Waals surface area contributed by atoms with E-state index < -0.39 is 17.5 Å². The van der Waals surface area contributed by atoms with Gasteiger partial charge in [-0.15, -0.1) is 0 Å². The largest absolute Gasteiger partial charge is 0.204 e. The maximum Gasteiger partial charge on any atom is 0.194 e. The standard InChI is InChI=1S/C29H29F3/c1-2-3-4-5-6-9-22-14-16-25-23-11-8-7-10-21(23)13-17-26(25)24(22)15-12-20-18-27(30)29(32)28(31)19-20/h7-8,10-11,13,17-19,22,24H,2-6,9,14,16H2,1H3/t22-,24+/m1/s1. The van der Waals surface area contributed by atoms with Crippen LogP contribution in [0.2, 0.25) is 0 Å². The van der Waals surface area contributed by atoms with Gasteiger partial charge in [0.05, 0.1) is 0 Å². The van der Waals surface area contributed by atoms with Crippen molar-refractivity contribution in [2.45, 2.75) is 64.2 Å². The van der Waals surface area contributed by atoms with E-state index in [-0.39, 0.29) is 11.5 Å². The van der Waals surface area contributed by atoms with Crippen molar-refractivity contribution in [3.63, 3.8) is 0 Å². The van der Waals surface area contributed by atoms with Gasteiger partial charge in [-0.25, -0.2) is 13.2 Å². The number of hydrogen-bond donors (Lipinski definition) is 0. The number of fused-ring (bicyclic) bond motifs is 3. The molecule has 166 valence electrons.